The van der Waals surface area contributed by atoms with Gasteiger partial charge in [0.05, 0.1) is 23.3 Å². The first-order valence-corrected chi connectivity index (χ1v) is 10.9. The van der Waals surface area contributed by atoms with Crippen LogP contribution < -0.4 is 0 Å². The number of carbonyl (C=O) groups excluding carboxylic acids is 1. The third-order valence-electron chi connectivity index (χ3n) is 5.32. The second kappa shape index (κ2) is 9.92. The van der Waals surface area contributed by atoms with E-state index in [0.29, 0.717) is 12.1 Å². The molecular weight excluding hydrogens is 384 g/mol. The molecule has 0 unspecified atom stereocenters. The van der Waals surface area contributed by atoms with Crippen molar-refractivity contribution >= 4 is 5.91 Å². The fourth-order valence-electron chi connectivity index (χ4n) is 3.69. The van der Waals surface area contributed by atoms with Crippen LogP contribution in [0.4, 0.5) is 0 Å². The molecule has 0 bridgehead atoms. The minimum Gasteiger partial charge on any atom is -0.327 e. The molecule has 164 valence electrons. The summed E-state index contributed by atoms with van der Waals surface area (Å²) in [5.41, 5.74) is 2.66. The molecule has 3 rings (SSSR count). The minimum atomic E-state index is -0.174. The number of carbonyl (C=O) groups is 1. The Morgan fingerprint density at radius 3 is 1.94 bits per heavy atom. The van der Waals surface area contributed by atoms with Crippen molar-refractivity contribution in [2.24, 2.45) is 0 Å². The van der Waals surface area contributed by atoms with Crippen LogP contribution in [0.2, 0.25) is 0 Å². The Bertz CT molecular complexity index is 918. The molecule has 0 N–H and O–H groups in total. The fourth-order valence-corrected chi connectivity index (χ4v) is 3.69. The summed E-state index contributed by atoms with van der Waals surface area (Å²) in [5.74, 6) is 0.00645. The molecule has 0 fully saturated rings. The number of rotatable bonds is 8. The summed E-state index contributed by atoms with van der Waals surface area (Å²) in [4.78, 5) is 18.0. The molecule has 2 aromatic carbocycles. The standard InChI is InChI=1S/C26H34N4O/c1-26(2,3)30-20-23(19-27-30)25(31)29(18-12-17-28(4)5)24(21-13-8-6-9-14-21)22-15-10-7-11-16-22/h6-11,13-16,19-20,24H,12,17-18H2,1-5H3. The molecule has 5 nitrogen and oxygen atoms in total. The Morgan fingerprint density at radius 1 is 0.935 bits per heavy atom. The van der Waals surface area contributed by atoms with Crippen molar-refractivity contribution in [3.63, 3.8) is 0 Å². The summed E-state index contributed by atoms with van der Waals surface area (Å²) in [6, 6.07) is 20.4. The molecule has 0 aliphatic rings. The largest absolute Gasteiger partial charge is 0.327 e. The molecule has 3 aromatic rings. The van der Waals surface area contributed by atoms with Gasteiger partial charge < -0.3 is 9.80 Å². The first-order chi connectivity index (χ1) is 14.8. The van der Waals surface area contributed by atoms with E-state index in [-0.39, 0.29) is 17.5 Å². The highest BCUT2D eigenvalue weighted by Gasteiger charge is 2.29. The maximum atomic E-state index is 13.8. The molecule has 5 heteroatoms. The van der Waals surface area contributed by atoms with E-state index in [2.05, 4.69) is 69.1 Å². The molecule has 0 radical (unpaired) electrons. The van der Waals surface area contributed by atoms with Crippen LogP contribution in [0.3, 0.4) is 0 Å². The lowest BCUT2D eigenvalue weighted by Crippen LogP contribution is -2.37. The molecule has 0 atom stereocenters. The van der Waals surface area contributed by atoms with Crippen LogP contribution in [0.1, 0.15) is 54.7 Å². The van der Waals surface area contributed by atoms with Gasteiger partial charge in [-0.25, -0.2) is 0 Å². The topological polar surface area (TPSA) is 41.4 Å². The van der Waals surface area contributed by atoms with Crippen molar-refractivity contribution < 1.29 is 4.79 Å². The first-order valence-electron chi connectivity index (χ1n) is 10.9. The summed E-state index contributed by atoms with van der Waals surface area (Å²) in [5, 5.41) is 4.47. The Balaban J connectivity index is 2.02. The van der Waals surface area contributed by atoms with Gasteiger partial charge >= 0.3 is 0 Å². The van der Waals surface area contributed by atoms with Crippen LogP contribution in [0, 0.1) is 0 Å². The second-order valence-corrected chi connectivity index (χ2v) is 9.22. The quantitative estimate of drug-likeness (QED) is 0.527. The summed E-state index contributed by atoms with van der Waals surface area (Å²) in [6.07, 6.45) is 4.45. The van der Waals surface area contributed by atoms with Crippen molar-refractivity contribution in [3.05, 3.63) is 89.7 Å². The molecule has 1 amide bonds. The average Bonchev–Trinajstić information content (AvgIpc) is 3.25. The molecule has 0 saturated carbocycles. The molecule has 0 aliphatic carbocycles. The summed E-state index contributed by atoms with van der Waals surface area (Å²) < 4.78 is 1.86. The number of amides is 1. The highest BCUT2D eigenvalue weighted by molar-refractivity contribution is 5.94. The van der Waals surface area contributed by atoms with Crippen LogP contribution in [0.5, 0.6) is 0 Å². The normalized spacial score (nSPS) is 11.8. The van der Waals surface area contributed by atoms with Crippen molar-refractivity contribution in [1.29, 1.82) is 0 Å². The van der Waals surface area contributed by atoms with Gasteiger partial charge in [0.2, 0.25) is 0 Å². The monoisotopic (exact) mass is 418 g/mol. The third kappa shape index (κ3) is 5.82. The second-order valence-electron chi connectivity index (χ2n) is 9.22. The smallest absolute Gasteiger partial charge is 0.257 e. The fraction of sp³-hybridized carbons (Fsp3) is 0.385. The molecule has 1 heterocycles. The number of hydrogen-bond acceptors (Lipinski definition) is 3. The van der Waals surface area contributed by atoms with Crippen molar-refractivity contribution in [2.75, 3.05) is 27.2 Å². The van der Waals surface area contributed by atoms with Gasteiger partial charge in [-0.05, 0) is 59.0 Å². The van der Waals surface area contributed by atoms with E-state index in [1.54, 1.807) is 6.20 Å². The molecular formula is C26H34N4O. The van der Waals surface area contributed by atoms with E-state index >= 15 is 0 Å². The Kier molecular flexibility index (Phi) is 7.29. The zero-order chi connectivity index (χ0) is 22.4. The van der Waals surface area contributed by atoms with Crippen LogP contribution in [-0.4, -0.2) is 52.7 Å². The van der Waals surface area contributed by atoms with Gasteiger partial charge in [-0.1, -0.05) is 60.7 Å². The lowest BCUT2D eigenvalue weighted by atomic mass is 9.96. The van der Waals surface area contributed by atoms with Crippen molar-refractivity contribution in [3.8, 4) is 0 Å². The molecule has 1 aromatic heterocycles. The van der Waals surface area contributed by atoms with Gasteiger partial charge in [0, 0.05) is 12.7 Å². The van der Waals surface area contributed by atoms with E-state index < -0.39 is 0 Å². The third-order valence-corrected chi connectivity index (χ3v) is 5.32. The maximum absolute atomic E-state index is 13.8. The van der Waals surface area contributed by atoms with Gasteiger partial charge in [0.15, 0.2) is 0 Å². The van der Waals surface area contributed by atoms with E-state index in [1.165, 1.54) is 0 Å². The van der Waals surface area contributed by atoms with Crippen molar-refractivity contribution in [2.45, 2.75) is 38.8 Å². The van der Waals surface area contributed by atoms with Crippen LogP contribution >= 0.6 is 0 Å². The molecule has 31 heavy (non-hydrogen) atoms. The lowest BCUT2D eigenvalue weighted by Gasteiger charge is -2.33. The summed E-state index contributed by atoms with van der Waals surface area (Å²) in [7, 11) is 4.12. The molecule has 0 spiro atoms. The van der Waals surface area contributed by atoms with Crippen LogP contribution in [0.15, 0.2) is 73.1 Å². The zero-order valence-electron chi connectivity index (χ0n) is 19.3. The van der Waals surface area contributed by atoms with Crippen molar-refractivity contribution in [1.82, 2.24) is 19.6 Å². The van der Waals surface area contributed by atoms with E-state index in [0.717, 1.165) is 24.1 Å². The van der Waals surface area contributed by atoms with Gasteiger partial charge in [0.1, 0.15) is 0 Å². The SMILES string of the molecule is CN(C)CCCN(C(=O)c1cnn(C(C)(C)C)c1)C(c1ccccc1)c1ccccc1. The predicted octanol–water partition coefficient (Wildman–Crippen LogP) is 4.82. The van der Waals surface area contributed by atoms with E-state index in [4.69, 9.17) is 0 Å². The zero-order valence-corrected chi connectivity index (χ0v) is 19.3. The molecule has 0 aliphatic heterocycles. The van der Waals surface area contributed by atoms with Crippen LogP contribution in [-0.2, 0) is 5.54 Å². The number of benzene rings is 2. The Labute approximate surface area is 186 Å². The summed E-state index contributed by atoms with van der Waals surface area (Å²) in [6.45, 7) is 7.83. The van der Waals surface area contributed by atoms with E-state index in [1.807, 2.05) is 52.2 Å². The van der Waals surface area contributed by atoms with E-state index in [9.17, 15) is 4.79 Å². The number of aromatic nitrogens is 2. The Morgan fingerprint density at radius 2 is 1.48 bits per heavy atom. The summed E-state index contributed by atoms with van der Waals surface area (Å²) >= 11 is 0. The van der Waals surface area contributed by atoms with Gasteiger partial charge in [-0.3, -0.25) is 9.48 Å². The average molecular weight is 419 g/mol. The van der Waals surface area contributed by atoms with Gasteiger partial charge in [0.25, 0.3) is 5.91 Å². The number of hydrogen-bond donors (Lipinski definition) is 0. The highest BCUT2D eigenvalue weighted by Crippen LogP contribution is 2.30. The van der Waals surface area contributed by atoms with Gasteiger partial charge in [-0.2, -0.15) is 5.10 Å². The minimum absolute atomic E-state index is 0.00645. The highest BCUT2D eigenvalue weighted by atomic mass is 16.2. The maximum Gasteiger partial charge on any atom is 0.257 e. The first kappa shape index (κ1) is 22.8. The Hall–Kier alpha value is -2.92. The van der Waals surface area contributed by atoms with Crippen LogP contribution in [0.25, 0.3) is 0 Å². The molecule has 0 saturated heterocycles. The predicted molar refractivity (Wildman–Crippen MR) is 126 cm³/mol. The lowest BCUT2D eigenvalue weighted by molar-refractivity contribution is 0.0699. The van der Waals surface area contributed by atoms with Gasteiger partial charge in [-0.15, -0.1) is 0 Å². The number of nitrogens with zero attached hydrogens (tertiary/aromatic N) is 4.